The Morgan fingerprint density at radius 1 is 1.53 bits per heavy atom. The van der Waals surface area contributed by atoms with Gasteiger partial charge in [0.15, 0.2) is 0 Å². The molecule has 0 amide bonds. The molecule has 0 aliphatic rings. The molecule has 4 nitrogen and oxygen atoms in total. The Morgan fingerprint density at radius 3 is 2.60 bits per heavy atom. The largest absolute Gasteiger partial charge is 0.386 e. The van der Waals surface area contributed by atoms with Gasteiger partial charge in [-0.1, -0.05) is 18.6 Å². The lowest BCUT2D eigenvalue weighted by molar-refractivity contribution is -0.490. The maximum absolute atomic E-state index is 10.1. The van der Waals surface area contributed by atoms with Crippen LogP contribution in [0, 0.1) is 16.0 Å². The normalized spacial score (nSPS) is 14.4. The predicted octanol–water partition coefficient (Wildman–Crippen LogP) is 2.40. The van der Waals surface area contributed by atoms with Crippen molar-refractivity contribution >= 4 is 0 Å². The summed E-state index contributed by atoms with van der Waals surface area (Å²) in [5.41, 5.74) is 1.29. The molecule has 0 spiro atoms. The van der Waals surface area contributed by atoms with Crippen LogP contribution in [0.1, 0.15) is 40.0 Å². The van der Waals surface area contributed by atoms with E-state index in [1.54, 1.807) is 0 Å². The summed E-state index contributed by atoms with van der Waals surface area (Å²) in [5.74, 6) is 0.329. The highest BCUT2D eigenvalue weighted by molar-refractivity contribution is 4.92. The van der Waals surface area contributed by atoms with Gasteiger partial charge in [-0.2, -0.15) is 0 Å². The van der Waals surface area contributed by atoms with Crippen molar-refractivity contribution in [3.05, 3.63) is 21.8 Å². The molecule has 0 aromatic heterocycles. The molecule has 0 bridgehead atoms. The van der Waals surface area contributed by atoms with Crippen LogP contribution in [0.5, 0.6) is 0 Å². The van der Waals surface area contributed by atoms with Crippen molar-refractivity contribution in [3.8, 4) is 0 Å². The zero-order valence-electron chi connectivity index (χ0n) is 9.77. The summed E-state index contributed by atoms with van der Waals surface area (Å²) in [6.45, 7) is 5.77. The molecule has 0 aromatic carbocycles. The van der Waals surface area contributed by atoms with Gasteiger partial charge in [0, 0.05) is 4.92 Å². The van der Waals surface area contributed by atoms with Crippen LogP contribution in [0.15, 0.2) is 11.6 Å². The number of hydrogen-bond donors (Lipinski definition) is 1. The summed E-state index contributed by atoms with van der Waals surface area (Å²) < 4.78 is 0. The molecule has 0 heterocycles. The van der Waals surface area contributed by atoms with Crippen LogP contribution in [0.3, 0.4) is 0 Å². The number of aliphatic hydroxyl groups excluding tert-OH is 1. The molecular formula is C11H21NO3. The van der Waals surface area contributed by atoms with Crippen molar-refractivity contribution in [3.63, 3.8) is 0 Å². The fourth-order valence-corrected chi connectivity index (χ4v) is 1.49. The minimum Gasteiger partial charge on any atom is -0.386 e. The molecule has 15 heavy (non-hydrogen) atoms. The van der Waals surface area contributed by atoms with E-state index in [0.717, 1.165) is 12.8 Å². The Hall–Kier alpha value is -0.900. The molecule has 0 aliphatic carbocycles. The fraction of sp³-hybridized carbons (Fsp3) is 0.818. The van der Waals surface area contributed by atoms with E-state index in [4.69, 9.17) is 0 Å². The molecular weight excluding hydrogens is 194 g/mol. The van der Waals surface area contributed by atoms with Crippen LogP contribution >= 0.6 is 0 Å². The van der Waals surface area contributed by atoms with Crippen LogP contribution in [0.4, 0.5) is 0 Å². The van der Waals surface area contributed by atoms with Crippen LogP contribution < -0.4 is 0 Å². The first-order valence-corrected chi connectivity index (χ1v) is 5.35. The van der Waals surface area contributed by atoms with Gasteiger partial charge in [-0.05, 0) is 39.0 Å². The third kappa shape index (κ3) is 9.41. The van der Waals surface area contributed by atoms with Gasteiger partial charge in [0.2, 0.25) is 6.54 Å². The van der Waals surface area contributed by atoms with E-state index in [1.807, 2.05) is 20.8 Å². The zero-order valence-corrected chi connectivity index (χ0v) is 9.77. The number of allylic oxidation sites excluding steroid dienone is 2. The molecule has 0 radical (unpaired) electrons. The number of hydrogen-bond acceptors (Lipinski definition) is 3. The van der Waals surface area contributed by atoms with E-state index in [0.29, 0.717) is 12.3 Å². The summed E-state index contributed by atoms with van der Waals surface area (Å²) in [6, 6.07) is 0. The Balaban J connectivity index is 3.68. The number of rotatable bonds is 7. The standard InChI is InChI=1S/C11H21NO3/c1-9(2)5-4-6-10(3)7-11(13)8-12(14)15/h5,10-11,13H,4,6-8H2,1-3H3/t10-,11-/m0/s1. The lowest BCUT2D eigenvalue weighted by atomic mass is 9.98. The van der Waals surface area contributed by atoms with Crippen LogP contribution in [0.2, 0.25) is 0 Å². The summed E-state index contributed by atoms with van der Waals surface area (Å²) in [5, 5.41) is 19.5. The third-order valence-electron chi connectivity index (χ3n) is 2.25. The quantitative estimate of drug-likeness (QED) is 0.403. The molecule has 0 fully saturated rings. The number of nitro groups is 1. The summed E-state index contributed by atoms with van der Waals surface area (Å²) in [7, 11) is 0. The van der Waals surface area contributed by atoms with Crippen molar-refractivity contribution < 1.29 is 10.0 Å². The first-order chi connectivity index (χ1) is 6.91. The summed E-state index contributed by atoms with van der Waals surface area (Å²) in [6.07, 6.45) is 3.81. The van der Waals surface area contributed by atoms with E-state index in [-0.39, 0.29) is 6.54 Å². The number of nitrogens with zero attached hydrogens (tertiary/aromatic N) is 1. The predicted molar refractivity (Wildman–Crippen MR) is 60.3 cm³/mol. The van der Waals surface area contributed by atoms with Gasteiger partial charge in [-0.25, -0.2) is 0 Å². The van der Waals surface area contributed by atoms with Gasteiger partial charge in [0.05, 0.1) is 0 Å². The highest BCUT2D eigenvalue weighted by Gasteiger charge is 2.14. The number of aliphatic hydroxyl groups is 1. The molecule has 0 aliphatic heterocycles. The van der Waals surface area contributed by atoms with Crippen LogP contribution in [-0.2, 0) is 0 Å². The highest BCUT2D eigenvalue weighted by Crippen LogP contribution is 2.14. The van der Waals surface area contributed by atoms with E-state index < -0.39 is 11.0 Å². The molecule has 88 valence electrons. The smallest absolute Gasteiger partial charge is 0.229 e. The topological polar surface area (TPSA) is 63.4 Å². The Morgan fingerprint density at radius 2 is 2.13 bits per heavy atom. The van der Waals surface area contributed by atoms with Gasteiger partial charge in [-0.3, -0.25) is 10.1 Å². The van der Waals surface area contributed by atoms with Crippen LogP contribution in [-0.4, -0.2) is 22.7 Å². The van der Waals surface area contributed by atoms with Crippen molar-refractivity contribution in [1.29, 1.82) is 0 Å². The Bertz CT molecular complexity index is 222. The van der Waals surface area contributed by atoms with Gasteiger partial charge >= 0.3 is 0 Å². The minimum absolute atomic E-state index is 0.329. The SMILES string of the molecule is CC(C)=CCC[C@H](C)C[C@H](O)C[N+](=O)[O-]. The van der Waals surface area contributed by atoms with E-state index >= 15 is 0 Å². The van der Waals surface area contributed by atoms with Gasteiger partial charge in [0.25, 0.3) is 0 Å². The van der Waals surface area contributed by atoms with Crippen molar-refractivity contribution in [2.45, 2.75) is 46.1 Å². The molecule has 0 rings (SSSR count). The molecule has 0 unspecified atom stereocenters. The monoisotopic (exact) mass is 215 g/mol. The molecule has 4 heteroatoms. The average molecular weight is 215 g/mol. The summed E-state index contributed by atoms with van der Waals surface area (Å²) in [4.78, 5) is 9.67. The van der Waals surface area contributed by atoms with Crippen LogP contribution in [0.25, 0.3) is 0 Å². The highest BCUT2D eigenvalue weighted by atomic mass is 16.6. The molecule has 0 saturated heterocycles. The minimum atomic E-state index is -0.804. The Kier molecular flexibility index (Phi) is 6.96. The molecule has 0 saturated carbocycles. The maximum Gasteiger partial charge on any atom is 0.229 e. The second kappa shape index (κ2) is 7.40. The average Bonchev–Trinajstić information content (AvgIpc) is 2.00. The second-order valence-electron chi connectivity index (χ2n) is 4.37. The zero-order chi connectivity index (χ0) is 11.8. The van der Waals surface area contributed by atoms with E-state index in [2.05, 4.69) is 6.08 Å². The lowest BCUT2D eigenvalue weighted by Gasteiger charge is -2.12. The first-order valence-electron chi connectivity index (χ1n) is 5.35. The molecule has 2 atom stereocenters. The van der Waals surface area contributed by atoms with E-state index in [9.17, 15) is 15.2 Å². The first kappa shape index (κ1) is 14.1. The van der Waals surface area contributed by atoms with Crippen molar-refractivity contribution in [2.75, 3.05) is 6.54 Å². The van der Waals surface area contributed by atoms with Gasteiger partial charge < -0.3 is 5.11 Å². The van der Waals surface area contributed by atoms with Gasteiger partial charge in [0.1, 0.15) is 6.10 Å². The Labute approximate surface area is 91.1 Å². The molecule has 1 N–H and O–H groups in total. The lowest BCUT2D eigenvalue weighted by Crippen LogP contribution is -2.21. The second-order valence-corrected chi connectivity index (χ2v) is 4.37. The van der Waals surface area contributed by atoms with Gasteiger partial charge in [-0.15, -0.1) is 0 Å². The fourth-order valence-electron chi connectivity index (χ4n) is 1.49. The van der Waals surface area contributed by atoms with Crippen molar-refractivity contribution in [1.82, 2.24) is 0 Å². The van der Waals surface area contributed by atoms with Crippen molar-refractivity contribution in [2.24, 2.45) is 5.92 Å². The maximum atomic E-state index is 10.1. The molecule has 0 aromatic rings. The third-order valence-corrected chi connectivity index (χ3v) is 2.25. The van der Waals surface area contributed by atoms with E-state index in [1.165, 1.54) is 5.57 Å². The summed E-state index contributed by atoms with van der Waals surface area (Å²) >= 11 is 0.